The van der Waals surface area contributed by atoms with Gasteiger partial charge in [0.05, 0.1) is 4.91 Å². The van der Waals surface area contributed by atoms with E-state index in [1.54, 1.807) is 6.08 Å². The lowest BCUT2D eigenvalue weighted by Gasteiger charge is -2.21. The maximum absolute atomic E-state index is 13.4. The highest BCUT2D eigenvalue weighted by atomic mass is 32.3. The molecule has 1 rings (SSSR count). The van der Waals surface area contributed by atoms with E-state index in [2.05, 4.69) is 0 Å². The van der Waals surface area contributed by atoms with Gasteiger partial charge in [0, 0.05) is 0 Å². The standard InChI is InChI=1S/C16H25F3S/c1-10(2)13-7-14(11(3)4)9-16(20(17,18)19)15(8-13)12(5)6/h7-12,14H,1-6H3. The number of hydrogen-bond donors (Lipinski definition) is 0. The molecule has 1 atom stereocenters. The fourth-order valence-electron chi connectivity index (χ4n) is 2.25. The second kappa shape index (κ2) is 6.42. The van der Waals surface area contributed by atoms with E-state index in [0.29, 0.717) is 5.57 Å². The van der Waals surface area contributed by atoms with Crippen LogP contribution in [0.1, 0.15) is 41.5 Å². The zero-order chi connectivity index (χ0) is 15.7. The minimum Gasteiger partial charge on any atom is -0.120 e. The van der Waals surface area contributed by atoms with Crippen molar-refractivity contribution in [1.82, 2.24) is 0 Å². The highest BCUT2D eigenvalue weighted by Crippen LogP contribution is 2.64. The summed E-state index contributed by atoms with van der Waals surface area (Å²) < 4.78 is 40.3. The van der Waals surface area contributed by atoms with Gasteiger partial charge in [-0.1, -0.05) is 59.8 Å². The van der Waals surface area contributed by atoms with Crippen LogP contribution in [0, 0.1) is 23.7 Å². The summed E-state index contributed by atoms with van der Waals surface area (Å²) >= 11 is -5.20. The molecule has 0 radical (unpaired) electrons. The van der Waals surface area contributed by atoms with Crippen LogP contribution in [0.25, 0.3) is 0 Å². The van der Waals surface area contributed by atoms with E-state index >= 15 is 0 Å². The van der Waals surface area contributed by atoms with Gasteiger partial charge < -0.3 is 0 Å². The molecular weight excluding hydrogens is 281 g/mol. The fraction of sp³-hybridized carbons (Fsp3) is 0.625. The first kappa shape index (κ1) is 17.4. The first-order chi connectivity index (χ1) is 9.04. The lowest BCUT2D eigenvalue weighted by molar-refractivity contribution is 0.543. The van der Waals surface area contributed by atoms with Crippen LogP contribution in [0.4, 0.5) is 11.7 Å². The van der Waals surface area contributed by atoms with Crippen LogP contribution in [-0.4, -0.2) is 0 Å². The van der Waals surface area contributed by atoms with Crippen LogP contribution in [0.15, 0.2) is 34.3 Å². The summed E-state index contributed by atoms with van der Waals surface area (Å²) in [6.07, 6.45) is 5.22. The molecule has 0 aliphatic heterocycles. The molecule has 0 heterocycles. The van der Waals surface area contributed by atoms with Gasteiger partial charge in [-0.15, -0.1) is 11.7 Å². The summed E-state index contributed by atoms with van der Waals surface area (Å²) in [5, 5.41) is 0. The van der Waals surface area contributed by atoms with Crippen molar-refractivity contribution in [1.29, 1.82) is 0 Å². The Morgan fingerprint density at radius 2 is 1.45 bits per heavy atom. The fourth-order valence-corrected chi connectivity index (χ4v) is 3.12. The predicted molar refractivity (Wildman–Crippen MR) is 83.2 cm³/mol. The number of rotatable bonds is 4. The minimum absolute atomic E-state index is 0.122. The van der Waals surface area contributed by atoms with Gasteiger partial charge in [0.25, 0.3) is 0 Å². The maximum Gasteiger partial charge on any atom is 0.237 e. The van der Waals surface area contributed by atoms with Crippen molar-refractivity contribution >= 4 is 11.2 Å². The Morgan fingerprint density at radius 3 is 1.80 bits per heavy atom. The van der Waals surface area contributed by atoms with Gasteiger partial charge in [0.2, 0.25) is 11.2 Å². The smallest absolute Gasteiger partial charge is 0.120 e. The topological polar surface area (TPSA) is 0 Å². The van der Waals surface area contributed by atoms with Gasteiger partial charge in [0.15, 0.2) is 0 Å². The van der Waals surface area contributed by atoms with Crippen LogP contribution in [0.3, 0.4) is 0 Å². The normalized spacial score (nSPS) is 21.8. The van der Waals surface area contributed by atoms with Crippen molar-refractivity contribution in [3.8, 4) is 0 Å². The first-order valence-electron chi connectivity index (χ1n) is 7.11. The summed E-state index contributed by atoms with van der Waals surface area (Å²) in [4.78, 5) is -0.377. The number of halogens is 3. The van der Waals surface area contributed by atoms with Crippen molar-refractivity contribution in [3.05, 3.63) is 34.3 Å². The van der Waals surface area contributed by atoms with Crippen molar-refractivity contribution in [3.63, 3.8) is 0 Å². The highest BCUT2D eigenvalue weighted by molar-refractivity contribution is 8.24. The van der Waals surface area contributed by atoms with Crippen molar-refractivity contribution in [2.24, 2.45) is 23.7 Å². The summed E-state index contributed by atoms with van der Waals surface area (Å²) in [5.74, 6) is 0.133. The molecule has 1 aliphatic carbocycles. The molecule has 0 amide bonds. The molecule has 4 heteroatoms. The Balaban J connectivity index is 3.45. The van der Waals surface area contributed by atoms with Crippen LogP contribution >= 0.6 is 11.2 Å². The molecule has 0 aromatic heterocycles. The van der Waals surface area contributed by atoms with Gasteiger partial charge in [0.1, 0.15) is 0 Å². The van der Waals surface area contributed by atoms with Gasteiger partial charge in [-0.2, -0.15) is 0 Å². The zero-order valence-electron chi connectivity index (χ0n) is 13.1. The van der Waals surface area contributed by atoms with Crippen LogP contribution in [0.5, 0.6) is 0 Å². The SMILES string of the molecule is CC(C)C1=CC(C(C)C)C=C(S(F)(F)F)C(C(C)C)=C1. The monoisotopic (exact) mass is 306 g/mol. The van der Waals surface area contributed by atoms with E-state index in [1.807, 2.05) is 47.6 Å². The van der Waals surface area contributed by atoms with Gasteiger partial charge >= 0.3 is 0 Å². The van der Waals surface area contributed by atoms with E-state index in [9.17, 15) is 11.7 Å². The minimum atomic E-state index is -5.20. The van der Waals surface area contributed by atoms with E-state index in [0.717, 1.165) is 5.57 Å². The van der Waals surface area contributed by atoms with Gasteiger partial charge in [-0.3, -0.25) is 0 Å². The molecule has 0 fully saturated rings. The summed E-state index contributed by atoms with van der Waals surface area (Å²) in [6.45, 7) is 11.7. The highest BCUT2D eigenvalue weighted by Gasteiger charge is 2.34. The van der Waals surface area contributed by atoms with Crippen molar-refractivity contribution < 1.29 is 11.7 Å². The van der Waals surface area contributed by atoms with E-state index in [-0.39, 0.29) is 28.6 Å². The molecule has 0 aromatic carbocycles. The number of allylic oxidation sites excluding steroid dienone is 5. The summed E-state index contributed by atoms with van der Waals surface area (Å²) in [6, 6.07) is 0. The molecule has 0 spiro atoms. The Labute approximate surface area is 123 Å². The lowest BCUT2D eigenvalue weighted by atomic mass is 9.91. The summed E-state index contributed by atoms with van der Waals surface area (Å²) in [7, 11) is 0. The molecular formula is C16H25F3S. The first-order valence-corrected chi connectivity index (χ1v) is 8.45. The van der Waals surface area contributed by atoms with Crippen molar-refractivity contribution in [2.75, 3.05) is 0 Å². The van der Waals surface area contributed by atoms with E-state index < -0.39 is 11.2 Å². The lowest BCUT2D eigenvalue weighted by Crippen LogP contribution is -2.05. The van der Waals surface area contributed by atoms with E-state index in [1.165, 1.54) is 6.08 Å². The molecule has 116 valence electrons. The molecule has 0 saturated carbocycles. The van der Waals surface area contributed by atoms with Crippen LogP contribution in [0.2, 0.25) is 0 Å². The average molecular weight is 306 g/mol. The third kappa shape index (κ3) is 4.18. The molecule has 1 unspecified atom stereocenters. The zero-order valence-corrected chi connectivity index (χ0v) is 13.9. The van der Waals surface area contributed by atoms with Crippen molar-refractivity contribution in [2.45, 2.75) is 41.5 Å². The Morgan fingerprint density at radius 1 is 0.900 bits per heavy atom. The Bertz CT molecular complexity index is 437. The van der Waals surface area contributed by atoms with Crippen LogP contribution < -0.4 is 0 Å². The molecule has 1 aliphatic rings. The van der Waals surface area contributed by atoms with Gasteiger partial charge in [-0.05, 0) is 34.8 Å². The Kier molecular flexibility index (Phi) is 5.59. The molecule has 20 heavy (non-hydrogen) atoms. The second-order valence-electron chi connectivity index (χ2n) is 6.33. The summed E-state index contributed by atoms with van der Waals surface area (Å²) in [5.41, 5.74) is 1.46. The predicted octanol–water partition coefficient (Wildman–Crippen LogP) is 6.78. The molecule has 0 nitrogen and oxygen atoms in total. The quantitative estimate of drug-likeness (QED) is 0.537. The molecule has 0 N–H and O–H groups in total. The van der Waals surface area contributed by atoms with E-state index in [4.69, 9.17) is 0 Å². The van der Waals surface area contributed by atoms with Gasteiger partial charge in [-0.25, -0.2) is 0 Å². The second-order valence-corrected chi connectivity index (χ2v) is 7.59. The maximum atomic E-state index is 13.4. The third-order valence-electron chi connectivity index (χ3n) is 3.64. The third-order valence-corrected chi connectivity index (χ3v) is 4.51. The Hall–Kier alpha value is -0.640. The van der Waals surface area contributed by atoms with Crippen LogP contribution in [-0.2, 0) is 0 Å². The molecule has 0 bridgehead atoms. The average Bonchev–Trinajstić information content (AvgIpc) is 2.47. The molecule has 0 aromatic rings. The largest absolute Gasteiger partial charge is 0.237 e. The molecule has 0 saturated heterocycles. The number of hydrogen-bond acceptors (Lipinski definition) is 0.